The number of aromatic nitrogens is 5. The van der Waals surface area contributed by atoms with E-state index in [4.69, 9.17) is 9.84 Å². The van der Waals surface area contributed by atoms with Gasteiger partial charge >= 0.3 is 0 Å². The lowest BCUT2D eigenvalue weighted by molar-refractivity contribution is 0.0992. The third kappa shape index (κ3) is 3.74. The highest BCUT2D eigenvalue weighted by Gasteiger charge is 2.25. The van der Waals surface area contributed by atoms with Crippen LogP contribution < -0.4 is 5.32 Å². The van der Waals surface area contributed by atoms with Gasteiger partial charge in [0.2, 0.25) is 0 Å². The Morgan fingerprint density at radius 3 is 2.97 bits per heavy atom. The van der Waals surface area contributed by atoms with Crippen molar-refractivity contribution >= 4 is 33.1 Å². The van der Waals surface area contributed by atoms with Gasteiger partial charge in [-0.2, -0.15) is 9.50 Å². The number of fused-ring (bicyclic) bond motifs is 5. The molecule has 1 aromatic carbocycles. The average Bonchev–Trinajstić information content (AvgIpc) is 3.38. The summed E-state index contributed by atoms with van der Waals surface area (Å²) in [6.07, 6.45) is 0.965. The van der Waals surface area contributed by atoms with Crippen molar-refractivity contribution in [3.63, 3.8) is 0 Å². The largest absolute Gasteiger partial charge is 0.394 e. The lowest BCUT2D eigenvalue weighted by Gasteiger charge is -2.27. The first kappa shape index (κ1) is 19.3. The molecule has 9 nitrogen and oxygen atoms in total. The third-order valence-electron chi connectivity index (χ3n) is 5.23. The van der Waals surface area contributed by atoms with Crippen molar-refractivity contribution in [3.05, 3.63) is 46.3 Å². The van der Waals surface area contributed by atoms with Gasteiger partial charge in [-0.1, -0.05) is 35.4 Å². The Bertz CT molecular complexity index is 1140. The van der Waals surface area contributed by atoms with Crippen LogP contribution in [0.15, 0.2) is 30.3 Å². The molecule has 0 spiro atoms. The molecule has 0 fully saturated rings. The number of nitrogens with zero attached hydrogens (tertiary/aromatic N) is 6. The molecule has 0 saturated carbocycles. The van der Waals surface area contributed by atoms with Gasteiger partial charge in [0.25, 0.3) is 5.78 Å². The SMILES string of the molecule is OCCOCCNc1nc2nnnn2c2sc3c(c12)CCN(Cc1ccccc1)C3. The second kappa shape index (κ2) is 8.60. The number of tetrazole rings is 1. The van der Waals surface area contributed by atoms with Crippen LogP contribution in [-0.4, -0.2) is 67.9 Å². The van der Waals surface area contributed by atoms with Crippen LogP contribution in [0.2, 0.25) is 0 Å². The van der Waals surface area contributed by atoms with Crippen LogP contribution >= 0.6 is 11.3 Å². The summed E-state index contributed by atoms with van der Waals surface area (Å²) in [7, 11) is 0. The standard InChI is InChI=1S/C20H23N7O2S/c28-9-11-29-10-7-21-18-17-15-6-8-26(12-14-4-2-1-3-5-14)13-16(15)30-19(17)27-20(22-18)23-24-25-27/h1-5,28H,6-13H2,(H,21,22,23,25). The molecule has 4 heterocycles. The lowest BCUT2D eigenvalue weighted by atomic mass is 10.0. The zero-order valence-electron chi connectivity index (χ0n) is 16.5. The van der Waals surface area contributed by atoms with E-state index in [2.05, 4.69) is 61.1 Å². The van der Waals surface area contributed by atoms with Crippen LogP contribution in [0.3, 0.4) is 0 Å². The first-order chi connectivity index (χ1) is 14.8. The normalized spacial score (nSPS) is 14.4. The summed E-state index contributed by atoms with van der Waals surface area (Å²) in [6, 6.07) is 10.6. The second-order valence-corrected chi connectivity index (χ2v) is 8.33. The molecule has 4 aromatic rings. The average molecular weight is 426 g/mol. The minimum absolute atomic E-state index is 0.0252. The fourth-order valence-corrected chi connectivity index (χ4v) is 5.22. The molecule has 3 aromatic heterocycles. The second-order valence-electron chi connectivity index (χ2n) is 7.24. The summed E-state index contributed by atoms with van der Waals surface area (Å²) in [5.74, 6) is 1.29. The van der Waals surface area contributed by atoms with Crippen molar-refractivity contribution < 1.29 is 9.84 Å². The van der Waals surface area contributed by atoms with Gasteiger partial charge in [0, 0.05) is 31.1 Å². The van der Waals surface area contributed by atoms with Crippen LogP contribution in [0.1, 0.15) is 16.0 Å². The Kier molecular flexibility index (Phi) is 5.54. The van der Waals surface area contributed by atoms with E-state index in [9.17, 15) is 0 Å². The van der Waals surface area contributed by atoms with Crippen molar-refractivity contribution in [2.75, 3.05) is 38.2 Å². The first-order valence-corrected chi connectivity index (χ1v) is 10.9. The molecule has 0 atom stereocenters. The molecular formula is C20H23N7O2S. The molecule has 1 aliphatic rings. The minimum atomic E-state index is 0.0252. The number of nitrogens with one attached hydrogen (secondary N) is 1. The molecule has 0 aliphatic carbocycles. The highest BCUT2D eigenvalue weighted by Crippen LogP contribution is 2.38. The van der Waals surface area contributed by atoms with Crippen molar-refractivity contribution in [2.45, 2.75) is 19.5 Å². The molecule has 0 saturated heterocycles. The summed E-state index contributed by atoms with van der Waals surface area (Å²) >= 11 is 1.74. The van der Waals surface area contributed by atoms with Gasteiger partial charge in [-0.15, -0.1) is 11.3 Å². The lowest BCUT2D eigenvalue weighted by Crippen LogP contribution is -2.29. The van der Waals surface area contributed by atoms with E-state index in [1.807, 2.05) is 0 Å². The van der Waals surface area contributed by atoms with E-state index < -0.39 is 0 Å². The van der Waals surface area contributed by atoms with Gasteiger partial charge < -0.3 is 15.2 Å². The number of thiophene rings is 1. The Hall–Kier alpha value is -2.66. The summed E-state index contributed by atoms with van der Waals surface area (Å²) < 4.78 is 7.09. The van der Waals surface area contributed by atoms with E-state index in [0.29, 0.717) is 25.5 Å². The number of aliphatic hydroxyl groups excluding tert-OH is 1. The van der Waals surface area contributed by atoms with Gasteiger partial charge in [-0.3, -0.25) is 4.90 Å². The molecule has 2 N–H and O–H groups in total. The maximum absolute atomic E-state index is 8.85. The van der Waals surface area contributed by atoms with Gasteiger partial charge in [-0.05, 0) is 28.0 Å². The Morgan fingerprint density at radius 1 is 1.20 bits per heavy atom. The smallest absolute Gasteiger partial charge is 0.276 e. The fraction of sp³-hybridized carbons (Fsp3) is 0.400. The van der Waals surface area contributed by atoms with Crippen LogP contribution in [0, 0.1) is 0 Å². The Morgan fingerprint density at radius 2 is 2.10 bits per heavy atom. The molecule has 5 rings (SSSR count). The van der Waals surface area contributed by atoms with Crippen molar-refractivity contribution in [1.29, 1.82) is 0 Å². The van der Waals surface area contributed by atoms with Gasteiger partial charge in [0.15, 0.2) is 0 Å². The molecule has 0 amide bonds. The van der Waals surface area contributed by atoms with Gasteiger partial charge in [0.05, 0.1) is 25.2 Å². The highest BCUT2D eigenvalue weighted by molar-refractivity contribution is 7.19. The topological polar surface area (TPSA) is 101 Å². The minimum Gasteiger partial charge on any atom is -0.394 e. The summed E-state index contributed by atoms with van der Waals surface area (Å²) in [5, 5.41) is 25.3. The zero-order chi connectivity index (χ0) is 20.3. The van der Waals surface area contributed by atoms with E-state index >= 15 is 0 Å². The molecule has 10 heteroatoms. The highest BCUT2D eigenvalue weighted by atomic mass is 32.1. The molecule has 1 aliphatic heterocycles. The quantitative estimate of drug-likeness (QED) is 0.412. The molecule has 0 radical (unpaired) electrons. The number of anilines is 1. The van der Waals surface area contributed by atoms with Crippen molar-refractivity contribution in [2.24, 2.45) is 0 Å². The number of hydrogen-bond acceptors (Lipinski definition) is 9. The van der Waals surface area contributed by atoms with Crippen molar-refractivity contribution in [3.8, 4) is 0 Å². The summed E-state index contributed by atoms with van der Waals surface area (Å²) in [6.45, 7) is 4.31. The first-order valence-electron chi connectivity index (χ1n) is 10.0. The maximum atomic E-state index is 8.85. The van der Waals surface area contributed by atoms with Gasteiger partial charge in [0.1, 0.15) is 10.6 Å². The predicted octanol–water partition coefficient (Wildman–Crippen LogP) is 1.71. The van der Waals surface area contributed by atoms with E-state index in [-0.39, 0.29) is 6.61 Å². The van der Waals surface area contributed by atoms with Crippen LogP contribution in [0.25, 0.3) is 16.0 Å². The van der Waals surface area contributed by atoms with Crippen LogP contribution in [-0.2, 0) is 24.2 Å². The molecule has 0 bridgehead atoms. The number of hydrogen-bond donors (Lipinski definition) is 2. The summed E-state index contributed by atoms with van der Waals surface area (Å²) in [5.41, 5.74) is 2.67. The predicted molar refractivity (Wildman–Crippen MR) is 115 cm³/mol. The fourth-order valence-electron chi connectivity index (χ4n) is 3.89. The Balaban J connectivity index is 1.44. The monoisotopic (exact) mass is 425 g/mol. The molecule has 0 unspecified atom stereocenters. The zero-order valence-corrected chi connectivity index (χ0v) is 17.3. The van der Waals surface area contributed by atoms with Crippen LogP contribution in [0.4, 0.5) is 5.82 Å². The Labute approximate surface area is 177 Å². The van der Waals surface area contributed by atoms with E-state index in [0.717, 1.165) is 42.1 Å². The molecular weight excluding hydrogens is 402 g/mol. The number of aliphatic hydroxyl groups is 1. The molecule has 30 heavy (non-hydrogen) atoms. The summed E-state index contributed by atoms with van der Waals surface area (Å²) in [4.78, 5) is 9.50. The maximum Gasteiger partial charge on any atom is 0.276 e. The van der Waals surface area contributed by atoms with Gasteiger partial charge in [-0.25, -0.2) is 0 Å². The number of rotatable bonds is 8. The number of benzene rings is 1. The van der Waals surface area contributed by atoms with Crippen molar-refractivity contribution in [1.82, 2.24) is 29.9 Å². The third-order valence-corrected chi connectivity index (χ3v) is 6.43. The van der Waals surface area contributed by atoms with E-state index in [1.54, 1.807) is 15.9 Å². The number of ether oxygens (including phenoxy) is 1. The van der Waals surface area contributed by atoms with Crippen LogP contribution in [0.5, 0.6) is 0 Å². The van der Waals surface area contributed by atoms with E-state index in [1.165, 1.54) is 16.0 Å². The molecule has 156 valence electrons.